The first-order valence-electron chi connectivity index (χ1n) is 12.2. The molecule has 0 saturated heterocycles. The van der Waals surface area contributed by atoms with Gasteiger partial charge in [0.25, 0.3) is 11.8 Å². The zero-order valence-electron chi connectivity index (χ0n) is 21.5. The summed E-state index contributed by atoms with van der Waals surface area (Å²) in [5.74, 6) is -1.10. The average Bonchev–Trinajstić information content (AvgIpc) is 2.94. The number of ether oxygens (including phenoxy) is 2. The quantitative estimate of drug-likeness (QED) is 0.252. The van der Waals surface area contributed by atoms with E-state index in [-0.39, 0.29) is 46.4 Å². The lowest BCUT2D eigenvalue weighted by Crippen LogP contribution is -2.37. The van der Waals surface area contributed by atoms with Crippen molar-refractivity contribution in [2.24, 2.45) is 5.10 Å². The van der Waals surface area contributed by atoms with E-state index < -0.39 is 17.7 Å². The number of amides is 3. The van der Waals surface area contributed by atoms with Crippen LogP contribution in [0.3, 0.4) is 0 Å². The van der Waals surface area contributed by atoms with Crippen LogP contribution in [0.2, 0.25) is 10.0 Å². The Bertz CT molecular complexity index is 1570. The van der Waals surface area contributed by atoms with E-state index in [0.29, 0.717) is 29.8 Å². The van der Waals surface area contributed by atoms with Crippen LogP contribution in [0.1, 0.15) is 28.4 Å². The molecule has 0 spiro atoms. The van der Waals surface area contributed by atoms with Crippen molar-refractivity contribution in [2.45, 2.75) is 19.9 Å². The highest BCUT2D eigenvalue weighted by atomic mass is 35.5. The first-order valence-corrected chi connectivity index (χ1v) is 13.0. The summed E-state index contributed by atoms with van der Waals surface area (Å²) in [4.78, 5) is 38.0. The van der Waals surface area contributed by atoms with Gasteiger partial charge in [0.05, 0.1) is 22.3 Å². The number of carbonyl (C=O) groups is 3. The molecule has 0 saturated carbocycles. The molecule has 0 bridgehead atoms. The molecule has 41 heavy (non-hydrogen) atoms. The fourth-order valence-corrected chi connectivity index (χ4v) is 4.53. The highest BCUT2D eigenvalue weighted by Gasteiger charge is 2.26. The molecule has 4 rings (SSSR count). The Morgan fingerprint density at radius 3 is 2.56 bits per heavy atom. The molecule has 1 aliphatic rings. The Morgan fingerprint density at radius 2 is 1.88 bits per heavy atom. The normalized spacial score (nSPS) is 12.7. The van der Waals surface area contributed by atoms with E-state index in [4.69, 9.17) is 27.9 Å². The largest absolute Gasteiger partial charge is 0.454 e. The van der Waals surface area contributed by atoms with E-state index in [9.17, 15) is 24.0 Å². The fourth-order valence-electron chi connectivity index (χ4n) is 3.97. The number of hydrogen-bond acceptors (Lipinski definition) is 8. The van der Waals surface area contributed by atoms with Gasteiger partial charge in [-0.15, -0.1) is 0 Å². The first kappa shape index (κ1) is 29.3. The fraction of sp³-hybridized carbons (Fsp3) is 0.179. The average molecular weight is 598 g/mol. The molecule has 3 aromatic carbocycles. The molecule has 1 heterocycles. The maximum atomic E-state index is 14.1. The molecule has 3 amide bonds. The van der Waals surface area contributed by atoms with Gasteiger partial charge in [0.2, 0.25) is 5.71 Å². The van der Waals surface area contributed by atoms with Gasteiger partial charge in [-0.05, 0) is 55.3 Å². The summed E-state index contributed by atoms with van der Waals surface area (Å²) in [5, 5.41) is 14.9. The molecule has 13 heteroatoms. The standard InChI is InChI=1S/C28H22Cl2FN5O5/c1-2-40-28(39)33-26(37)24(14-32)35-34-18-12-21(29)25(22(30)13-18)41-19-7-8-20-16(11-19)9-10-36(27(20)38)15-17-5-3-4-6-23(17)31/h3-8,11-13,34H,2,9-10,15H2,1H3,(H,33,37,39). The zero-order chi connectivity index (χ0) is 29.5. The number of nitrogens with one attached hydrogen (secondary N) is 2. The number of anilines is 1. The Morgan fingerprint density at radius 1 is 1.15 bits per heavy atom. The Hall–Kier alpha value is -4.66. The maximum Gasteiger partial charge on any atom is 0.414 e. The minimum atomic E-state index is -1.06. The van der Waals surface area contributed by atoms with Gasteiger partial charge in [0.15, 0.2) is 5.75 Å². The van der Waals surface area contributed by atoms with Gasteiger partial charge in [0.1, 0.15) is 17.6 Å². The van der Waals surface area contributed by atoms with Crippen LogP contribution in [0, 0.1) is 17.1 Å². The summed E-state index contributed by atoms with van der Waals surface area (Å²) in [5.41, 5.74) is 3.79. The molecule has 0 aliphatic carbocycles. The van der Waals surface area contributed by atoms with Gasteiger partial charge in [-0.3, -0.25) is 20.3 Å². The van der Waals surface area contributed by atoms with Crippen molar-refractivity contribution in [1.29, 1.82) is 5.26 Å². The second kappa shape index (κ2) is 13.1. The van der Waals surface area contributed by atoms with Crippen molar-refractivity contribution < 1.29 is 28.2 Å². The van der Waals surface area contributed by atoms with Crippen molar-refractivity contribution in [3.8, 4) is 17.6 Å². The number of hydrogen-bond donors (Lipinski definition) is 2. The highest BCUT2D eigenvalue weighted by molar-refractivity contribution is 6.47. The summed E-state index contributed by atoms with van der Waals surface area (Å²) in [6.45, 7) is 2.18. The molecule has 0 atom stereocenters. The number of carbonyl (C=O) groups excluding carboxylic acids is 3. The Balaban J connectivity index is 1.45. The summed E-state index contributed by atoms with van der Waals surface area (Å²) in [6.07, 6.45) is -0.473. The van der Waals surface area contributed by atoms with Crippen LogP contribution in [0.5, 0.6) is 11.5 Å². The van der Waals surface area contributed by atoms with E-state index in [2.05, 4.69) is 15.3 Å². The zero-order valence-corrected chi connectivity index (χ0v) is 23.1. The molecule has 0 fully saturated rings. The molecule has 3 aromatic rings. The Labute approximate surface area is 244 Å². The number of alkyl carbamates (subject to hydrolysis) is 1. The summed E-state index contributed by atoms with van der Waals surface area (Å²) < 4.78 is 24.6. The molecule has 0 unspecified atom stereocenters. The summed E-state index contributed by atoms with van der Waals surface area (Å²) in [6, 6.07) is 15.7. The van der Waals surface area contributed by atoms with Crippen molar-refractivity contribution >= 4 is 52.5 Å². The SMILES string of the molecule is CCOC(=O)NC(=O)C(C#N)=NNc1cc(Cl)c(Oc2ccc3c(c2)CCN(Cc2ccccc2F)C3=O)c(Cl)c1. The third kappa shape index (κ3) is 7.11. The van der Waals surface area contributed by atoms with Gasteiger partial charge >= 0.3 is 6.09 Å². The predicted octanol–water partition coefficient (Wildman–Crippen LogP) is 5.69. The molecular weight excluding hydrogens is 576 g/mol. The van der Waals surface area contributed by atoms with Crippen molar-refractivity contribution in [3.63, 3.8) is 0 Å². The van der Waals surface area contributed by atoms with Gasteiger partial charge in [-0.1, -0.05) is 41.4 Å². The van der Waals surface area contributed by atoms with E-state index in [0.717, 1.165) is 5.56 Å². The third-order valence-corrected chi connectivity index (χ3v) is 6.45. The van der Waals surface area contributed by atoms with Crippen molar-refractivity contribution in [2.75, 3.05) is 18.6 Å². The molecule has 2 N–H and O–H groups in total. The lowest BCUT2D eigenvalue weighted by atomic mass is 9.98. The van der Waals surface area contributed by atoms with E-state index in [1.54, 1.807) is 54.3 Å². The number of halogens is 3. The smallest absolute Gasteiger partial charge is 0.414 e. The summed E-state index contributed by atoms with van der Waals surface area (Å²) in [7, 11) is 0. The minimum Gasteiger partial charge on any atom is -0.454 e. The minimum absolute atomic E-state index is 0.0427. The molecule has 1 aliphatic heterocycles. The maximum absolute atomic E-state index is 14.1. The van der Waals surface area contributed by atoms with Crippen LogP contribution in [-0.2, 0) is 22.5 Å². The summed E-state index contributed by atoms with van der Waals surface area (Å²) >= 11 is 12.8. The van der Waals surface area contributed by atoms with Crippen LogP contribution < -0.4 is 15.5 Å². The van der Waals surface area contributed by atoms with Crippen LogP contribution >= 0.6 is 23.2 Å². The number of imide groups is 1. The van der Waals surface area contributed by atoms with Crippen LogP contribution in [-0.4, -0.2) is 41.7 Å². The highest BCUT2D eigenvalue weighted by Crippen LogP contribution is 2.39. The topological polar surface area (TPSA) is 133 Å². The van der Waals surface area contributed by atoms with Crippen LogP contribution in [0.25, 0.3) is 0 Å². The molecule has 0 aromatic heterocycles. The van der Waals surface area contributed by atoms with E-state index in [1.807, 2.05) is 5.32 Å². The van der Waals surface area contributed by atoms with Crippen molar-refractivity contribution in [3.05, 3.63) is 87.2 Å². The van der Waals surface area contributed by atoms with Crippen LogP contribution in [0.15, 0.2) is 59.7 Å². The van der Waals surface area contributed by atoms with E-state index >= 15 is 0 Å². The first-order chi connectivity index (χ1) is 19.7. The van der Waals surface area contributed by atoms with Gasteiger partial charge in [0, 0.05) is 24.2 Å². The van der Waals surface area contributed by atoms with Gasteiger partial charge in [-0.25, -0.2) is 9.18 Å². The lowest BCUT2D eigenvalue weighted by Gasteiger charge is -2.29. The lowest BCUT2D eigenvalue weighted by molar-refractivity contribution is -0.114. The number of benzene rings is 3. The monoisotopic (exact) mass is 597 g/mol. The van der Waals surface area contributed by atoms with Crippen molar-refractivity contribution in [1.82, 2.24) is 10.2 Å². The molecule has 0 radical (unpaired) electrons. The number of hydrazone groups is 1. The molecular formula is C28H22Cl2FN5O5. The molecule has 210 valence electrons. The van der Waals surface area contributed by atoms with Crippen LogP contribution in [0.4, 0.5) is 14.9 Å². The number of fused-ring (bicyclic) bond motifs is 1. The molecule has 10 nitrogen and oxygen atoms in total. The second-order valence-corrected chi connectivity index (χ2v) is 9.43. The number of nitriles is 1. The van der Waals surface area contributed by atoms with Gasteiger partial charge in [-0.2, -0.15) is 10.4 Å². The predicted molar refractivity (Wildman–Crippen MR) is 150 cm³/mol. The Kier molecular flexibility index (Phi) is 9.39. The number of nitrogens with zero attached hydrogens (tertiary/aromatic N) is 3. The van der Waals surface area contributed by atoms with Gasteiger partial charge < -0.3 is 14.4 Å². The van der Waals surface area contributed by atoms with E-state index in [1.165, 1.54) is 18.2 Å². The third-order valence-electron chi connectivity index (χ3n) is 5.89. The second-order valence-electron chi connectivity index (χ2n) is 8.62. The number of rotatable bonds is 8.